The van der Waals surface area contributed by atoms with Gasteiger partial charge in [0, 0.05) is 38.4 Å². The Labute approximate surface area is 131 Å². The van der Waals surface area contributed by atoms with Crippen LogP contribution in [0, 0.1) is 0 Å². The number of hydrogen-bond donors (Lipinski definition) is 2. The summed E-state index contributed by atoms with van der Waals surface area (Å²) in [6.45, 7) is 5.12. The Bertz CT molecular complexity index is 587. The second-order valence-electron chi connectivity index (χ2n) is 5.75. The molecule has 116 valence electrons. The Hall–Kier alpha value is -2.04. The van der Waals surface area contributed by atoms with Crippen LogP contribution in [-0.4, -0.2) is 41.3 Å². The summed E-state index contributed by atoms with van der Waals surface area (Å²) in [6.07, 6.45) is 0. The predicted octanol–water partition coefficient (Wildman–Crippen LogP) is 2.21. The van der Waals surface area contributed by atoms with Crippen LogP contribution in [0.5, 0.6) is 5.75 Å². The van der Waals surface area contributed by atoms with Crippen molar-refractivity contribution in [1.29, 1.82) is 0 Å². The van der Waals surface area contributed by atoms with Crippen molar-refractivity contribution in [2.75, 3.05) is 31.1 Å². The average Bonchev–Trinajstić information content (AvgIpc) is 2.57. The van der Waals surface area contributed by atoms with Gasteiger partial charge >= 0.3 is 0 Å². The maximum Gasteiger partial charge on any atom is 0.115 e. The number of hydrogen-bond acceptors (Lipinski definition) is 4. The maximum absolute atomic E-state index is 9.36. The summed E-state index contributed by atoms with van der Waals surface area (Å²) in [6, 6.07) is 15.6. The van der Waals surface area contributed by atoms with Crippen molar-refractivity contribution in [2.24, 2.45) is 0 Å². The summed E-state index contributed by atoms with van der Waals surface area (Å²) in [5.41, 5.74) is 3.42. The zero-order chi connectivity index (χ0) is 15.4. The van der Waals surface area contributed by atoms with Crippen LogP contribution in [0.15, 0.2) is 48.5 Å². The number of aliphatic hydroxyl groups excluding tert-OH is 1. The van der Waals surface area contributed by atoms with Crippen LogP contribution in [-0.2, 0) is 13.2 Å². The Balaban J connectivity index is 1.53. The number of rotatable bonds is 4. The molecule has 2 aromatic rings. The quantitative estimate of drug-likeness (QED) is 0.908. The van der Waals surface area contributed by atoms with E-state index >= 15 is 0 Å². The predicted molar refractivity (Wildman–Crippen MR) is 88.0 cm³/mol. The van der Waals surface area contributed by atoms with Gasteiger partial charge in [-0.3, -0.25) is 4.90 Å². The molecule has 4 heteroatoms. The van der Waals surface area contributed by atoms with E-state index in [1.807, 2.05) is 24.3 Å². The second kappa shape index (κ2) is 6.81. The lowest BCUT2D eigenvalue weighted by Gasteiger charge is -2.36. The molecule has 0 unspecified atom stereocenters. The lowest BCUT2D eigenvalue weighted by atomic mass is 10.1. The minimum Gasteiger partial charge on any atom is -0.508 e. The fourth-order valence-electron chi connectivity index (χ4n) is 2.84. The molecule has 4 nitrogen and oxygen atoms in total. The van der Waals surface area contributed by atoms with E-state index in [1.165, 1.54) is 11.3 Å². The summed E-state index contributed by atoms with van der Waals surface area (Å²) in [5, 5.41) is 18.4. The molecule has 3 rings (SSSR count). The molecule has 2 aromatic carbocycles. The third-order valence-corrected chi connectivity index (χ3v) is 4.20. The van der Waals surface area contributed by atoms with Crippen molar-refractivity contribution >= 4 is 5.69 Å². The molecule has 0 spiro atoms. The van der Waals surface area contributed by atoms with E-state index in [0.29, 0.717) is 5.75 Å². The highest BCUT2D eigenvalue weighted by molar-refractivity contribution is 5.49. The van der Waals surface area contributed by atoms with Crippen molar-refractivity contribution in [3.05, 3.63) is 59.7 Å². The minimum absolute atomic E-state index is 0.103. The number of nitrogens with zero attached hydrogens (tertiary/aromatic N) is 2. The van der Waals surface area contributed by atoms with Gasteiger partial charge in [0.05, 0.1) is 6.61 Å². The fourth-order valence-corrected chi connectivity index (χ4v) is 2.84. The third-order valence-electron chi connectivity index (χ3n) is 4.20. The van der Waals surface area contributed by atoms with Crippen molar-refractivity contribution in [1.82, 2.24) is 4.90 Å². The van der Waals surface area contributed by atoms with Gasteiger partial charge in [0.25, 0.3) is 0 Å². The zero-order valence-corrected chi connectivity index (χ0v) is 12.7. The topological polar surface area (TPSA) is 46.9 Å². The van der Waals surface area contributed by atoms with E-state index in [-0.39, 0.29) is 6.61 Å². The van der Waals surface area contributed by atoms with Gasteiger partial charge in [-0.1, -0.05) is 24.3 Å². The molecule has 0 aromatic heterocycles. The number of phenolic OH excluding ortho intramolecular Hbond substituents is 1. The molecule has 1 heterocycles. The highest BCUT2D eigenvalue weighted by atomic mass is 16.3. The van der Waals surface area contributed by atoms with Crippen molar-refractivity contribution in [3.63, 3.8) is 0 Å². The van der Waals surface area contributed by atoms with E-state index in [0.717, 1.165) is 38.3 Å². The van der Waals surface area contributed by atoms with E-state index in [9.17, 15) is 5.11 Å². The maximum atomic E-state index is 9.36. The summed E-state index contributed by atoms with van der Waals surface area (Å²) in [4.78, 5) is 4.80. The Morgan fingerprint density at radius 3 is 1.95 bits per heavy atom. The molecular weight excluding hydrogens is 276 g/mol. The number of aromatic hydroxyl groups is 1. The Kier molecular flexibility index (Phi) is 4.61. The van der Waals surface area contributed by atoms with Crippen LogP contribution in [0.1, 0.15) is 11.1 Å². The molecule has 1 saturated heterocycles. The van der Waals surface area contributed by atoms with Crippen LogP contribution in [0.25, 0.3) is 0 Å². The average molecular weight is 298 g/mol. The zero-order valence-electron chi connectivity index (χ0n) is 12.7. The van der Waals surface area contributed by atoms with Crippen molar-refractivity contribution in [2.45, 2.75) is 13.2 Å². The number of benzene rings is 2. The third kappa shape index (κ3) is 3.59. The largest absolute Gasteiger partial charge is 0.508 e. The van der Waals surface area contributed by atoms with Gasteiger partial charge in [-0.2, -0.15) is 0 Å². The van der Waals surface area contributed by atoms with Gasteiger partial charge in [0.15, 0.2) is 0 Å². The van der Waals surface area contributed by atoms with Crippen LogP contribution < -0.4 is 4.90 Å². The number of piperazine rings is 1. The van der Waals surface area contributed by atoms with E-state index < -0.39 is 0 Å². The first-order chi connectivity index (χ1) is 10.7. The lowest BCUT2D eigenvalue weighted by Crippen LogP contribution is -2.45. The van der Waals surface area contributed by atoms with E-state index in [1.54, 1.807) is 12.1 Å². The molecule has 1 aliphatic heterocycles. The minimum atomic E-state index is 0.103. The number of anilines is 1. The monoisotopic (exact) mass is 298 g/mol. The Morgan fingerprint density at radius 1 is 0.773 bits per heavy atom. The highest BCUT2D eigenvalue weighted by Gasteiger charge is 2.17. The number of phenols is 1. The van der Waals surface area contributed by atoms with E-state index in [4.69, 9.17) is 5.11 Å². The van der Waals surface area contributed by atoms with Gasteiger partial charge in [0.2, 0.25) is 0 Å². The molecule has 0 amide bonds. The first-order valence-corrected chi connectivity index (χ1v) is 7.69. The molecular formula is C18H22N2O2. The van der Waals surface area contributed by atoms with Gasteiger partial charge < -0.3 is 15.1 Å². The fraction of sp³-hybridized carbons (Fsp3) is 0.333. The number of aliphatic hydroxyl groups is 1. The van der Waals surface area contributed by atoms with Crippen LogP contribution in [0.4, 0.5) is 5.69 Å². The first kappa shape index (κ1) is 14.9. The van der Waals surface area contributed by atoms with E-state index in [2.05, 4.69) is 21.9 Å². The van der Waals surface area contributed by atoms with Gasteiger partial charge in [-0.05, 0) is 35.4 Å². The molecule has 0 bridgehead atoms. The molecule has 0 saturated carbocycles. The normalized spacial score (nSPS) is 16.0. The van der Waals surface area contributed by atoms with Crippen molar-refractivity contribution < 1.29 is 10.2 Å². The van der Waals surface area contributed by atoms with Crippen molar-refractivity contribution in [3.8, 4) is 5.75 Å². The highest BCUT2D eigenvalue weighted by Crippen LogP contribution is 2.20. The van der Waals surface area contributed by atoms with Crippen LogP contribution >= 0.6 is 0 Å². The lowest BCUT2D eigenvalue weighted by molar-refractivity contribution is 0.249. The molecule has 0 atom stereocenters. The Morgan fingerprint density at radius 2 is 1.36 bits per heavy atom. The first-order valence-electron chi connectivity index (χ1n) is 7.69. The summed E-state index contributed by atoms with van der Waals surface area (Å²) < 4.78 is 0. The second-order valence-corrected chi connectivity index (χ2v) is 5.75. The summed E-state index contributed by atoms with van der Waals surface area (Å²) >= 11 is 0. The summed E-state index contributed by atoms with van der Waals surface area (Å²) in [7, 11) is 0. The van der Waals surface area contributed by atoms with Crippen LogP contribution in [0.2, 0.25) is 0 Å². The van der Waals surface area contributed by atoms with Gasteiger partial charge in [0.1, 0.15) is 5.75 Å². The van der Waals surface area contributed by atoms with Crippen LogP contribution in [0.3, 0.4) is 0 Å². The standard InChI is InChI=1S/C18H22N2O2/c21-14-16-3-1-15(2-4-16)13-19-9-11-20(12-10-19)17-5-7-18(22)8-6-17/h1-8,21-22H,9-14H2. The molecule has 2 N–H and O–H groups in total. The van der Waals surface area contributed by atoms with Gasteiger partial charge in [-0.15, -0.1) is 0 Å². The molecule has 1 fully saturated rings. The smallest absolute Gasteiger partial charge is 0.115 e. The SMILES string of the molecule is OCc1ccc(CN2CCN(c3ccc(O)cc3)CC2)cc1. The molecule has 1 aliphatic rings. The molecule has 0 aliphatic carbocycles. The molecule has 22 heavy (non-hydrogen) atoms. The molecule has 0 radical (unpaired) electrons. The van der Waals surface area contributed by atoms with Gasteiger partial charge in [-0.25, -0.2) is 0 Å². The summed E-state index contributed by atoms with van der Waals surface area (Å²) in [5.74, 6) is 0.314.